The van der Waals surface area contributed by atoms with Gasteiger partial charge in [-0.1, -0.05) is 45.3 Å². The molecule has 1 aliphatic rings. The summed E-state index contributed by atoms with van der Waals surface area (Å²) in [5, 5.41) is 0. The molecule has 0 radical (unpaired) electrons. The molecular formula is C12H22. The van der Waals surface area contributed by atoms with Gasteiger partial charge in [0.15, 0.2) is 0 Å². The van der Waals surface area contributed by atoms with Crippen molar-refractivity contribution in [2.24, 2.45) is 11.8 Å². The molecule has 0 saturated heterocycles. The van der Waals surface area contributed by atoms with Crippen LogP contribution >= 0.6 is 0 Å². The Kier molecular flexibility index (Phi) is 3.84. The fourth-order valence-electron chi connectivity index (χ4n) is 2.06. The van der Waals surface area contributed by atoms with Gasteiger partial charge in [0.25, 0.3) is 0 Å². The van der Waals surface area contributed by atoms with Gasteiger partial charge in [-0.2, -0.15) is 0 Å². The Balaban J connectivity index is 2.58. The van der Waals surface area contributed by atoms with Gasteiger partial charge in [-0.3, -0.25) is 0 Å². The number of hydrogen-bond acceptors (Lipinski definition) is 0. The molecule has 0 aromatic rings. The highest BCUT2D eigenvalue weighted by molar-refractivity contribution is 5.08. The lowest BCUT2D eigenvalue weighted by Crippen LogP contribution is -1.98. The maximum absolute atomic E-state index is 2.48. The fourth-order valence-corrected chi connectivity index (χ4v) is 2.06. The molecule has 0 N–H and O–H groups in total. The number of hydrogen-bond donors (Lipinski definition) is 0. The molecule has 1 saturated carbocycles. The van der Waals surface area contributed by atoms with Gasteiger partial charge in [0.1, 0.15) is 0 Å². The Bertz CT molecular complexity index is 153. The highest BCUT2D eigenvalue weighted by atomic mass is 14.2. The summed E-state index contributed by atoms with van der Waals surface area (Å²) in [6.07, 6.45) is 9.56. The molecule has 1 aliphatic carbocycles. The van der Waals surface area contributed by atoms with Gasteiger partial charge in [-0.15, -0.1) is 0 Å². The third-order valence-electron chi connectivity index (χ3n) is 2.78. The molecule has 0 aromatic carbocycles. The Morgan fingerprint density at radius 3 is 2.67 bits per heavy atom. The van der Waals surface area contributed by atoms with Crippen LogP contribution < -0.4 is 0 Å². The summed E-state index contributed by atoms with van der Waals surface area (Å²) in [6.45, 7) is 6.95. The first-order valence-electron chi connectivity index (χ1n) is 5.40. The molecule has 0 nitrogen and oxygen atoms in total. The van der Waals surface area contributed by atoms with Crippen LogP contribution in [0.1, 0.15) is 52.9 Å². The van der Waals surface area contributed by atoms with E-state index in [-0.39, 0.29) is 0 Å². The van der Waals surface area contributed by atoms with Gasteiger partial charge in [0.05, 0.1) is 0 Å². The standard InChI is InChI=1S/C12H22/c1-10(2)9-12-8-6-4-5-7-11(12)3/h9-11H,4-8H2,1-3H3. The maximum atomic E-state index is 2.48. The van der Waals surface area contributed by atoms with Crippen LogP contribution in [0.15, 0.2) is 11.6 Å². The van der Waals surface area contributed by atoms with E-state index in [0.29, 0.717) is 0 Å². The summed E-state index contributed by atoms with van der Waals surface area (Å²) < 4.78 is 0. The molecule has 0 heteroatoms. The largest absolute Gasteiger partial charge is 0.0825 e. The van der Waals surface area contributed by atoms with Crippen LogP contribution in [0.5, 0.6) is 0 Å². The second kappa shape index (κ2) is 4.69. The summed E-state index contributed by atoms with van der Waals surface area (Å²) >= 11 is 0. The number of rotatable bonds is 1. The van der Waals surface area contributed by atoms with Crippen molar-refractivity contribution >= 4 is 0 Å². The third kappa shape index (κ3) is 3.00. The third-order valence-corrected chi connectivity index (χ3v) is 2.78. The van der Waals surface area contributed by atoms with E-state index in [1.54, 1.807) is 5.57 Å². The van der Waals surface area contributed by atoms with Gasteiger partial charge in [-0.05, 0) is 31.1 Å². The lowest BCUT2D eigenvalue weighted by atomic mass is 9.93. The molecule has 0 amide bonds. The van der Waals surface area contributed by atoms with Crippen LogP contribution in [-0.2, 0) is 0 Å². The molecule has 1 unspecified atom stereocenters. The van der Waals surface area contributed by atoms with Crippen molar-refractivity contribution in [2.45, 2.75) is 52.9 Å². The van der Waals surface area contributed by atoms with Crippen LogP contribution in [0.3, 0.4) is 0 Å². The normalized spacial score (nSPS) is 29.3. The van der Waals surface area contributed by atoms with E-state index in [2.05, 4.69) is 26.8 Å². The monoisotopic (exact) mass is 166 g/mol. The van der Waals surface area contributed by atoms with E-state index in [1.165, 1.54) is 32.1 Å². The molecule has 0 spiro atoms. The average Bonchev–Trinajstić information content (AvgIpc) is 2.16. The maximum Gasteiger partial charge on any atom is -0.0232 e. The van der Waals surface area contributed by atoms with E-state index in [4.69, 9.17) is 0 Å². The number of allylic oxidation sites excluding steroid dienone is 2. The average molecular weight is 166 g/mol. The second-order valence-electron chi connectivity index (χ2n) is 4.49. The van der Waals surface area contributed by atoms with E-state index >= 15 is 0 Å². The SMILES string of the molecule is CC(C)C=C1CCCCCC1C. The minimum absolute atomic E-state index is 0.737. The van der Waals surface area contributed by atoms with Crippen LogP contribution in [0.4, 0.5) is 0 Å². The molecule has 0 bridgehead atoms. The molecule has 1 fully saturated rings. The quantitative estimate of drug-likeness (QED) is 0.405. The zero-order valence-electron chi connectivity index (χ0n) is 8.77. The lowest BCUT2D eigenvalue weighted by molar-refractivity contribution is 0.590. The van der Waals surface area contributed by atoms with Gasteiger partial charge in [0, 0.05) is 0 Å². The first-order chi connectivity index (χ1) is 5.70. The predicted molar refractivity (Wildman–Crippen MR) is 55.2 cm³/mol. The summed E-state index contributed by atoms with van der Waals surface area (Å²) in [7, 11) is 0. The van der Waals surface area contributed by atoms with Gasteiger partial charge >= 0.3 is 0 Å². The van der Waals surface area contributed by atoms with Gasteiger partial charge < -0.3 is 0 Å². The van der Waals surface area contributed by atoms with E-state index in [9.17, 15) is 0 Å². The second-order valence-corrected chi connectivity index (χ2v) is 4.49. The zero-order valence-corrected chi connectivity index (χ0v) is 8.77. The van der Waals surface area contributed by atoms with Crippen molar-refractivity contribution in [3.8, 4) is 0 Å². The van der Waals surface area contributed by atoms with Crippen molar-refractivity contribution in [3.05, 3.63) is 11.6 Å². The molecule has 0 aliphatic heterocycles. The Morgan fingerprint density at radius 2 is 2.00 bits per heavy atom. The van der Waals surface area contributed by atoms with Crippen LogP contribution in [0, 0.1) is 11.8 Å². The Morgan fingerprint density at radius 1 is 1.25 bits per heavy atom. The van der Waals surface area contributed by atoms with Crippen LogP contribution in [0.2, 0.25) is 0 Å². The summed E-state index contributed by atoms with van der Waals surface area (Å²) in [4.78, 5) is 0. The zero-order chi connectivity index (χ0) is 8.97. The van der Waals surface area contributed by atoms with E-state index < -0.39 is 0 Å². The Hall–Kier alpha value is -0.260. The molecule has 0 heterocycles. The fraction of sp³-hybridized carbons (Fsp3) is 0.833. The molecule has 0 aromatic heterocycles. The molecule has 1 rings (SSSR count). The lowest BCUT2D eigenvalue weighted by Gasteiger charge is -2.13. The molecular weight excluding hydrogens is 144 g/mol. The Labute approximate surface area is 77.1 Å². The summed E-state index contributed by atoms with van der Waals surface area (Å²) in [5.74, 6) is 1.59. The van der Waals surface area contributed by atoms with E-state index in [1.807, 2.05) is 0 Å². The highest BCUT2D eigenvalue weighted by Crippen LogP contribution is 2.28. The highest BCUT2D eigenvalue weighted by Gasteiger charge is 2.12. The summed E-state index contributed by atoms with van der Waals surface area (Å²) in [5.41, 5.74) is 1.72. The van der Waals surface area contributed by atoms with Crippen molar-refractivity contribution in [1.82, 2.24) is 0 Å². The van der Waals surface area contributed by atoms with Crippen molar-refractivity contribution in [3.63, 3.8) is 0 Å². The van der Waals surface area contributed by atoms with Crippen LogP contribution in [0.25, 0.3) is 0 Å². The van der Waals surface area contributed by atoms with Crippen LogP contribution in [-0.4, -0.2) is 0 Å². The van der Waals surface area contributed by atoms with Crippen molar-refractivity contribution < 1.29 is 0 Å². The van der Waals surface area contributed by atoms with Crippen molar-refractivity contribution in [1.29, 1.82) is 0 Å². The van der Waals surface area contributed by atoms with Gasteiger partial charge in [0.2, 0.25) is 0 Å². The summed E-state index contributed by atoms with van der Waals surface area (Å²) in [6, 6.07) is 0. The molecule has 70 valence electrons. The minimum Gasteiger partial charge on any atom is -0.0825 e. The molecule has 1 atom stereocenters. The first-order valence-corrected chi connectivity index (χ1v) is 5.40. The van der Waals surface area contributed by atoms with E-state index in [0.717, 1.165) is 11.8 Å². The smallest absolute Gasteiger partial charge is 0.0232 e. The molecule has 12 heavy (non-hydrogen) atoms. The van der Waals surface area contributed by atoms with Gasteiger partial charge in [-0.25, -0.2) is 0 Å². The minimum atomic E-state index is 0.737. The predicted octanol–water partition coefficient (Wildman–Crippen LogP) is 4.17. The van der Waals surface area contributed by atoms with Crippen molar-refractivity contribution in [2.75, 3.05) is 0 Å². The first kappa shape index (κ1) is 9.83. The topological polar surface area (TPSA) is 0 Å².